The summed E-state index contributed by atoms with van der Waals surface area (Å²) in [5.74, 6) is 2.63. The van der Waals surface area contributed by atoms with Crippen LogP contribution in [0.15, 0.2) is 18.6 Å². The third-order valence-electron chi connectivity index (χ3n) is 2.40. The Morgan fingerprint density at radius 3 is 3.00 bits per heavy atom. The molecule has 0 unspecified atom stereocenters. The molecule has 0 amide bonds. The number of terminal acetylenes is 1. The molecule has 0 N–H and O–H groups in total. The van der Waals surface area contributed by atoms with Crippen LogP contribution in [0.2, 0.25) is 0 Å². The number of rotatable bonds is 1. The molecule has 0 bridgehead atoms. The van der Waals surface area contributed by atoms with Crippen molar-refractivity contribution in [1.82, 2.24) is 9.55 Å². The van der Waals surface area contributed by atoms with E-state index in [-0.39, 0.29) is 0 Å². The van der Waals surface area contributed by atoms with Gasteiger partial charge in [-0.1, -0.05) is 5.92 Å². The number of aryl methyl sites for hydroxylation is 1. The zero-order valence-corrected chi connectivity index (χ0v) is 8.36. The Balaban J connectivity index is 2.85. The number of hydrogen-bond donors (Lipinski definition) is 0. The molecule has 2 rings (SSSR count). The highest BCUT2D eigenvalue weighted by Crippen LogP contribution is 2.23. The molecule has 0 aliphatic heterocycles. The molecular formula is C12H9N3. The van der Waals surface area contributed by atoms with Crippen LogP contribution in [0, 0.1) is 23.7 Å². The summed E-state index contributed by atoms with van der Waals surface area (Å²) >= 11 is 0. The minimum Gasteiger partial charge on any atom is -0.348 e. The van der Waals surface area contributed by atoms with Gasteiger partial charge in [-0.3, -0.25) is 4.98 Å². The van der Waals surface area contributed by atoms with Crippen molar-refractivity contribution in [2.24, 2.45) is 7.05 Å². The normalized spacial score (nSPS) is 9.80. The van der Waals surface area contributed by atoms with E-state index in [0.29, 0.717) is 6.42 Å². The van der Waals surface area contributed by atoms with Gasteiger partial charge in [-0.15, -0.1) is 6.42 Å². The van der Waals surface area contributed by atoms with E-state index in [1.54, 1.807) is 12.4 Å². The van der Waals surface area contributed by atoms with Gasteiger partial charge in [0.2, 0.25) is 0 Å². The predicted molar refractivity (Wildman–Crippen MR) is 58.0 cm³/mol. The van der Waals surface area contributed by atoms with Gasteiger partial charge in [-0.05, 0) is 5.56 Å². The number of pyridine rings is 1. The van der Waals surface area contributed by atoms with Crippen molar-refractivity contribution in [3.63, 3.8) is 0 Å². The molecule has 2 aromatic rings. The van der Waals surface area contributed by atoms with Crippen LogP contribution in [0.4, 0.5) is 0 Å². The molecule has 0 aliphatic rings. The van der Waals surface area contributed by atoms with Crippen molar-refractivity contribution in [3.05, 3.63) is 29.7 Å². The first-order chi connectivity index (χ1) is 7.27. The van der Waals surface area contributed by atoms with Gasteiger partial charge in [-0.2, -0.15) is 5.26 Å². The van der Waals surface area contributed by atoms with Crippen LogP contribution in [0.25, 0.3) is 10.9 Å². The van der Waals surface area contributed by atoms with Crippen LogP contribution >= 0.6 is 0 Å². The second-order valence-corrected chi connectivity index (χ2v) is 3.33. The molecule has 2 aromatic heterocycles. The van der Waals surface area contributed by atoms with E-state index in [9.17, 15) is 0 Å². The van der Waals surface area contributed by atoms with Crippen molar-refractivity contribution in [1.29, 1.82) is 5.26 Å². The van der Waals surface area contributed by atoms with E-state index in [0.717, 1.165) is 22.0 Å². The smallest absolute Gasteiger partial charge is 0.0680 e. The molecule has 0 atom stereocenters. The third-order valence-corrected chi connectivity index (χ3v) is 2.40. The number of nitrogens with zero attached hydrogens (tertiary/aromatic N) is 3. The van der Waals surface area contributed by atoms with Gasteiger partial charge in [0.25, 0.3) is 0 Å². The summed E-state index contributed by atoms with van der Waals surface area (Å²) in [7, 11) is 1.92. The fourth-order valence-corrected chi connectivity index (χ4v) is 1.73. The molecule has 3 heteroatoms. The molecule has 15 heavy (non-hydrogen) atoms. The Morgan fingerprint density at radius 2 is 2.33 bits per heavy atom. The van der Waals surface area contributed by atoms with Gasteiger partial charge >= 0.3 is 0 Å². The van der Waals surface area contributed by atoms with Crippen molar-refractivity contribution in [3.8, 4) is 18.4 Å². The van der Waals surface area contributed by atoms with Crippen LogP contribution in [-0.2, 0) is 13.5 Å². The third kappa shape index (κ3) is 1.35. The molecule has 0 aliphatic carbocycles. The molecule has 0 saturated carbocycles. The van der Waals surface area contributed by atoms with Crippen molar-refractivity contribution in [2.75, 3.05) is 0 Å². The Kier molecular flexibility index (Phi) is 2.15. The highest BCUT2D eigenvalue weighted by Gasteiger charge is 2.09. The summed E-state index contributed by atoms with van der Waals surface area (Å²) in [5, 5.41) is 9.68. The summed E-state index contributed by atoms with van der Waals surface area (Å²) in [6, 6.07) is 2.12. The van der Waals surface area contributed by atoms with E-state index < -0.39 is 0 Å². The van der Waals surface area contributed by atoms with Gasteiger partial charge in [-0.25, -0.2) is 0 Å². The van der Waals surface area contributed by atoms with Crippen LogP contribution in [0.5, 0.6) is 0 Å². The fraction of sp³-hybridized carbons (Fsp3) is 0.167. The molecule has 0 aromatic carbocycles. The quantitative estimate of drug-likeness (QED) is 0.649. The maximum atomic E-state index is 8.71. The molecule has 0 spiro atoms. The summed E-state index contributed by atoms with van der Waals surface area (Å²) in [6.07, 6.45) is 11.1. The number of hydrogen-bond acceptors (Lipinski definition) is 2. The van der Waals surface area contributed by atoms with E-state index in [1.165, 1.54) is 0 Å². The fourth-order valence-electron chi connectivity index (χ4n) is 1.73. The zero-order valence-electron chi connectivity index (χ0n) is 8.36. The van der Waals surface area contributed by atoms with E-state index in [2.05, 4.69) is 17.0 Å². The number of nitriles is 1. The molecular weight excluding hydrogens is 186 g/mol. The maximum Gasteiger partial charge on any atom is 0.0680 e. The second kappa shape index (κ2) is 3.48. The molecule has 0 fully saturated rings. The molecule has 2 heterocycles. The molecule has 3 nitrogen and oxygen atoms in total. The molecule has 0 saturated heterocycles. The lowest BCUT2D eigenvalue weighted by Crippen LogP contribution is -1.89. The van der Waals surface area contributed by atoms with Gasteiger partial charge in [0.1, 0.15) is 0 Å². The highest BCUT2D eigenvalue weighted by molar-refractivity contribution is 5.89. The average molecular weight is 195 g/mol. The van der Waals surface area contributed by atoms with Gasteiger partial charge in [0.15, 0.2) is 0 Å². The van der Waals surface area contributed by atoms with Crippen LogP contribution in [0.1, 0.15) is 11.1 Å². The van der Waals surface area contributed by atoms with Gasteiger partial charge < -0.3 is 4.57 Å². The number of fused-ring (bicyclic) bond motifs is 1. The first kappa shape index (κ1) is 9.30. The highest BCUT2D eigenvalue weighted by atomic mass is 14.9. The van der Waals surface area contributed by atoms with Crippen LogP contribution < -0.4 is 0 Å². The van der Waals surface area contributed by atoms with Gasteiger partial charge in [0.05, 0.1) is 29.8 Å². The van der Waals surface area contributed by atoms with Crippen molar-refractivity contribution in [2.45, 2.75) is 6.42 Å². The Morgan fingerprint density at radius 1 is 1.53 bits per heavy atom. The summed E-state index contributed by atoms with van der Waals surface area (Å²) in [4.78, 5) is 4.10. The Hall–Kier alpha value is -2.26. The van der Waals surface area contributed by atoms with Crippen LogP contribution in [0.3, 0.4) is 0 Å². The SMILES string of the molecule is C#Cc1cn(C)c2cncc(CC#N)c12. The topological polar surface area (TPSA) is 41.6 Å². The lowest BCUT2D eigenvalue weighted by Gasteiger charge is -1.99. The van der Waals surface area contributed by atoms with Crippen LogP contribution in [-0.4, -0.2) is 9.55 Å². The Bertz CT molecular complexity index is 594. The zero-order chi connectivity index (χ0) is 10.8. The minimum absolute atomic E-state index is 0.336. The minimum atomic E-state index is 0.336. The van der Waals surface area contributed by atoms with E-state index in [4.69, 9.17) is 11.7 Å². The average Bonchev–Trinajstić information content (AvgIpc) is 2.58. The van der Waals surface area contributed by atoms with Crippen molar-refractivity contribution < 1.29 is 0 Å². The summed E-state index contributed by atoms with van der Waals surface area (Å²) in [5.41, 5.74) is 2.68. The predicted octanol–water partition coefficient (Wildman–Crippen LogP) is 1.62. The number of aromatic nitrogens is 2. The van der Waals surface area contributed by atoms with E-state index in [1.807, 2.05) is 17.8 Å². The first-order valence-electron chi connectivity index (χ1n) is 4.53. The largest absolute Gasteiger partial charge is 0.348 e. The lowest BCUT2D eigenvalue weighted by molar-refractivity contribution is 0.963. The Labute approximate surface area is 88.0 Å². The molecule has 0 radical (unpaired) electrons. The maximum absolute atomic E-state index is 8.71. The van der Waals surface area contributed by atoms with E-state index >= 15 is 0 Å². The lowest BCUT2D eigenvalue weighted by atomic mass is 10.1. The van der Waals surface area contributed by atoms with Gasteiger partial charge in [0, 0.05) is 24.8 Å². The summed E-state index contributed by atoms with van der Waals surface area (Å²) in [6.45, 7) is 0. The van der Waals surface area contributed by atoms with Crippen molar-refractivity contribution >= 4 is 10.9 Å². The second-order valence-electron chi connectivity index (χ2n) is 3.33. The first-order valence-corrected chi connectivity index (χ1v) is 4.53. The molecule has 72 valence electrons. The monoisotopic (exact) mass is 195 g/mol. The summed E-state index contributed by atoms with van der Waals surface area (Å²) < 4.78 is 1.93. The standard InChI is InChI=1S/C12H9N3/c1-3-9-8-15(2)11-7-14-6-10(4-5-13)12(9)11/h1,6-8H,4H2,2H3.